The first kappa shape index (κ1) is 14.4. The summed E-state index contributed by atoms with van der Waals surface area (Å²) in [6.45, 7) is 0. The second kappa shape index (κ2) is 6.46. The third kappa shape index (κ3) is 3.75. The zero-order valence-corrected chi connectivity index (χ0v) is 13.0. The fourth-order valence-corrected chi connectivity index (χ4v) is 3.39. The van der Waals surface area contributed by atoms with Gasteiger partial charge in [0.1, 0.15) is 0 Å². The summed E-state index contributed by atoms with van der Waals surface area (Å²) in [5, 5.41) is 0.513. The molecule has 0 heterocycles. The molecule has 0 amide bonds. The van der Waals surface area contributed by atoms with E-state index in [9.17, 15) is 9.00 Å². The van der Waals surface area contributed by atoms with Gasteiger partial charge in [-0.2, -0.15) is 0 Å². The van der Waals surface area contributed by atoms with E-state index >= 15 is 0 Å². The third-order valence-electron chi connectivity index (χ3n) is 2.50. The molecular formula is C14H10BrClO2S. The minimum atomic E-state index is -1.39. The number of carbonyl (C=O) groups excluding carboxylic acids is 1. The molecule has 2 rings (SSSR count). The smallest absolute Gasteiger partial charge is 0.176 e. The van der Waals surface area contributed by atoms with Crippen molar-refractivity contribution in [1.82, 2.24) is 0 Å². The summed E-state index contributed by atoms with van der Waals surface area (Å²) in [5.74, 6) is -0.214. The van der Waals surface area contributed by atoms with Crippen LogP contribution >= 0.6 is 27.5 Å². The molecule has 0 saturated carbocycles. The Balaban J connectivity index is 2.16. The van der Waals surface area contributed by atoms with Crippen molar-refractivity contribution >= 4 is 44.1 Å². The minimum absolute atomic E-state index is 0.0526. The van der Waals surface area contributed by atoms with Crippen molar-refractivity contribution in [2.75, 3.05) is 5.75 Å². The Labute approximate surface area is 127 Å². The molecule has 0 aliphatic heterocycles. The molecule has 1 atom stereocenters. The van der Waals surface area contributed by atoms with E-state index in [0.29, 0.717) is 20.0 Å². The van der Waals surface area contributed by atoms with E-state index in [1.165, 1.54) is 0 Å². The first-order valence-electron chi connectivity index (χ1n) is 5.49. The van der Waals surface area contributed by atoms with Crippen LogP contribution in [-0.4, -0.2) is 15.7 Å². The Morgan fingerprint density at radius 1 is 1.16 bits per heavy atom. The lowest BCUT2D eigenvalue weighted by Gasteiger charge is -2.04. The molecular weight excluding hydrogens is 348 g/mol. The van der Waals surface area contributed by atoms with Crippen molar-refractivity contribution in [3.05, 3.63) is 63.6 Å². The summed E-state index contributed by atoms with van der Waals surface area (Å²) >= 11 is 9.15. The number of hydrogen-bond donors (Lipinski definition) is 0. The van der Waals surface area contributed by atoms with Crippen LogP contribution in [0.2, 0.25) is 5.02 Å². The summed E-state index contributed by atoms with van der Waals surface area (Å²) in [6.07, 6.45) is 0. The first-order valence-corrected chi connectivity index (χ1v) is 7.98. The van der Waals surface area contributed by atoms with Crippen molar-refractivity contribution in [3.8, 4) is 0 Å². The van der Waals surface area contributed by atoms with Crippen LogP contribution < -0.4 is 0 Å². The van der Waals surface area contributed by atoms with Gasteiger partial charge >= 0.3 is 0 Å². The van der Waals surface area contributed by atoms with E-state index in [-0.39, 0.29) is 11.5 Å². The van der Waals surface area contributed by atoms with Gasteiger partial charge in [0.25, 0.3) is 0 Å². The Kier molecular flexibility index (Phi) is 4.91. The summed E-state index contributed by atoms with van der Waals surface area (Å²) in [4.78, 5) is 12.6. The normalized spacial score (nSPS) is 12.1. The molecule has 0 N–H and O–H groups in total. The summed E-state index contributed by atoms with van der Waals surface area (Å²) in [6, 6.07) is 13.9. The lowest BCUT2D eigenvalue weighted by atomic mass is 10.1. The molecule has 0 saturated heterocycles. The van der Waals surface area contributed by atoms with E-state index in [1.807, 2.05) is 6.07 Å². The van der Waals surface area contributed by atoms with E-state index in [0.717, 1.165) is 0 Å². The van der Waals surface area contributed by atoms with E-state index in [2.05, 4.69) is 15.9 Å². The quantitative estimate of drug-likeness (QED) is 0.772. The number of rotatable bonds is 4. The lowest BCUT2D eigenvalue weighted by molar-refractivity contribution is 0.102. The van der Waals surface area contributed by atoms with Gasteiger partial charge in [0.05, 0.1) is 16.6 Å². The van der Waals surface area contributed by atoms with Crippen LogP contribution in [0.15, 0.2) is 57.9 Å². The highest BCUT2D eigenvalue weighted by Crippen LogP contribution is 2.19. The van der Waals surface area contributed by atoms with Crippen molar-refractivity contribution < 1.29 is 9.00 Å². The van der Waals surface area contributed by atoms with Crippen LogP contribution in [0, 0.1) is 0 Å². The molecule has 0 aliphatic carbocycles. The molecule has 5 heteroatoms. The van der Waals surface area contributed by atoms with Crippen molar-refractivity contribution in [3.63, 3.8) is 0 Å². The largest absolute Gasteiger partial charge is 0.293 e. The summed E-state index contributed by atoms with van der Waals surface area (Å²) < 4.78 is 12.8. The maximum atomic E-state index is 12.1. The number of halogens is 2. The van der Waals surface area contributed by atoms with E-state index in [4.69, 9.17) is 11.6 Å². The van der Waals surface area contributed by atoms with Gasteiger partial charge < -0.3 is 0 Å². The summed E-state index contributed by atoms with van der Waals surface area (Å²) in [7, 11) is -1.39. The van der Waals surface area contributed by atoms with Crippen LogP contribution in [0.5, 0.6) is 0 Å². The number of Topliss-reactive ketones (excluding diaryl/α,β-unsaturated/α-hetero) is 1. The number of benzene rings is 2. The number of carbonyl (C=O) groups is 1. The fraction of sp³-hybridized carbons (Fsp3) is 0.0714. The molecule has 19 heavy (non-hydrogen) atoms. The Hall–Kier alpha value is -0.970. The van der Waals surface area contributed by atoms with Gasteiger partial charge in [-0.1, -0.05) is 51.8 Å². The second-order valence-electron chi connectivity index (χ2n) is 3.85. The van der Waals surface area contributed by atoms with Crippen molar-refractivity contribution in [2.45, 2.75) is 4.90 Å². The molecule has 0 spiro atoms. The predicted molar refractivity (Wildman–Crippen MR) is 81.2 cm³/mol. The fourth-order valence-electron chi connectivity index (χ4n) is 1.58. The minimum Gasteiger partial charge on any atom is -0.293 e. The maximum Gasteiger partial charge on any atom is 0.176 e. The van der Waals surface area contributed by atoms with Gasteiger partial charge in [-0.25, -0.2) is 0 Å². The Morgan fingerprint density at radius 2 is 1.89 bits per heavy atom. The van der Waals surface area contributed by atoms with Gasteiger partial charge in [-0.05, 0) is 24.3 Å². The highest BCUT2D eigenvalue weighted by molar-refractivity contribution is 9.10. The van der Waals surface area contributed by atoms with Crippen LogP contribution in [0.4, 0.5) is 0 Å². The Bertz CT molecular complexity index is 643. The highest BCUT2D eigenvalue weighted by atomic mass is 79.9. The van der Waals surface area contributed by atoms with Gasteiger partial charge in [0.15, 0.2) is 5.78 Å². The molecule has 98 valence electrons. The van der Waals surface area contributed by atoms with Gasteiger partial charge in [-0.15, -0.1) is 0 Å². The van der Waals surface area contributed by atoms with Crippen LogP contribution in [0.3, 0.4) is 0 Å². The number of ketones is 1. The van der Waals surface area contributed by atoms with Crippen molar-refractivity contribution in [1.29, 1.82) is 0 Å². The van der Waals surface area contributed by atoms with Gasteiger partial charge in [-0.3, -0.25) is 9.00 Å². The molecule has 2 nitrogen and oxygen atoms in total. The molecule has 0 aliphatic rings. The van der Waals surface area contributed by atoms with Crippen LogP contribution in [-0.2, 0) is 10.8 Å². The van der Waals surface area contributed by atoms with E-state index in [1.54, 1.807) is 42.5 Å². The zero-order valence-electron chi connectivity index (χ0n) is 9.81. The topological polar surface area (TPSA) is 34.1 Å². The monoisotopic (exact) mass is 356 g/mol. The van der Waals surface area contributed by atoms with Crippen LogP contribution in [0.25, 0.3) is 0 Å². The second-order valence-corrected chi connectivity index (χ2v) is 6.59. The molecule has 2 aromatic carbocycles. The molecule has 0 radical (unpaired) electrons. The van der Waals surface area contributed by atoms with Gasteiger partial charge in [0.2, 0.25) is 0 Å². The highest BCUT2D eigenvalue weighted by Gasteiger charge is 2.14. The summed E-state index contributed by atoms with van der Waals surface area (Å²) in [5.41, 5.74) is 0.540. The van der Waals surface area contributed by atoms with E-state index < -0.39 is 10.8 Å². The first-order chi connectivity index (χ1) is 9.08. The van der Waals surface area contributed by atoms with Crippen LogP contribution in [0.1, 0.15) is 10.4 Å². The number of hydrogen-bond acceptors (Lipinski definition) is 2. The third-order valence-corrected chi connectivity index (χ3v) is 4.73. The average molecular weight is 358 g/mol. The predicted octanol–water partition coefficient (Wildman–Crippen LogP) is 4.09. The molecule has 2 aromatic rings. The maximum absolute atomic E-state index is 12.1. The molecule has 0 fully saturated rings. The SMILES string of the molecule is O=C(CS(=O)c1cccc(Cl)c1)c1ccccc1Br. The Morgan fingerprint density at radius 3 is 2.58 bits per heavy atom. The average Bonchev–Trinajstić information content (AvgIpc) is 2.39. The molecule has 0 aromatic heterocycles. The molecule has 1 unspecified atom stereocenters. The lowest BCUT2D eigenvalue weighted by Crippen LogP contribution is -2.11. The zero-order chi connectivity index (χ0) is 13.8. The van der Waals surface area contributed by atoms with Gasteiger partial charge in [0, 0.05) is 20.0 Å². The van der Waals surface area contributed by atoms with Crippen molar-refractivity contribution in [2.24, 2.45) is 0 Å². The molecule has 0 bridgehead atoms. The standard InChI is InChI=1S/C14H10BrClO2S/c15-13-7-2-1-6-12(13)14(17)9-19(18)11-5-3-4-10(16)8-11/h1-8H,9H2.